The number of ether oxygens (including phenoxy) is 1. The Labute approximate surface area is 117 Å². The molecule has 0 aliphatic heterocycles. The Morgan fingerprint density at radius 2 is 2.05 bits per heavy atom. The predicted octanol–water partition coefficient (Wildman–Crippen LogP) is 2.11. The van der Waals surface area contributed by atoms with Crippen molar-refractivity contribution in [2.45, 2.75) is 13.3 Å². The van der Waals surface area contributed by atoms with Crippen LogP contribution in [0.4, 0.5) is 0 Å². The molecule has 0 aliphatic carbocycles. The van der Waals surface area contributed by atoms with Crippen LogP contribution in [0.25, 0.3) is 0 Å². The van der Waals surface area contributed by atoms with Gasteiger partial charge in [-0.3, -0.25) is 4.98 Å². The fraction of sp³-hybridized carbons (Fsp3) is 0.200. The van der Waals surface area contributed by atoms with Crippen molar-refractivity contribution in [2.24, 2.45) is 10.9 Å². The summed E-state index contributed by atoms with van der Waals surface area (Å²) in [6, 6.07) is 9.37. The molecular weight excluding hydrogens is 254 g/mol. The van der Waals surface area contributed by atoms with E-state index in [1.54, 1.807) is 24.5 Å². The van der Waals surface area contributed by atoms with Crippen molar-refractivity contribution in [1.29, 1.82) is 0 Å². The maximum atomic E-state index is 8.69. The number of nitrogens with zero attached hydrogens (tertiary/aromatic N) is 2. The highest BCUT2D eigenvalue weighted by Crippen LogP contribution is 2.19. The SMILES string of the molecule is Cc1ccc(/C(N)=N/O)cc1OCCc1ccncc1. The quantitative estimate of drug-likeness (QED) is 0.378. The van der Waals surface area contributed by atoms with Crippen LogP contribution in [0.5, 0.6) is 5.75 Å². The second-order valence-corrected chi connectivity index (χ2v) is 4.42. The minimum Gasteiger partial charge on any atom is -0.493 e. The van der Waals surface area contributed by atoms with Gasteiger partial charge in [0.15, 0.2) is 5.84 Å². The van der Waals surface area contributed by atoms with Crippen molar-refractivity contribution >= 4 is 5.84 Å². The van der Waals surface area contributed by atoms with Gasteiger partial charge in [0.25, 0.3) is 0 Å². The molecule has 3 N–H and O–H groups in total. The monoisotopic (exact) mass is 271 g/mol. The lowest BCUT2D eigenvalue weighted by molar-refractivity contribution is 0.317. The van der Waals surface area contributed by atoms with Crippen LogP contribution in [0.15, 0.2) is 47.9 Å². The molecule has 1 aromatic heterocycles. The second kappa shape index (κ2) is 6.56. The van der Waals surface area contributed by atoms with Crippen LogP contribution in [0.2, 0.25) is 0 Å². The molecule has 0 fully saturated rings. The second-order valence-electron chi connectivity index (χ2n) is 4.42. The molecule has 0 atom stereocenters. The first-order valence-electron chi connectivity index (χ1n) is 6.31. The summed E-state index contributed by atoms with van der Waals surface area (Å²) >= 11 is 0. The van der Waals surface area contributed by atoms with Gasteiger partial charge in [-0.2, -0.15) is 0 Å². The molecule has 0 saturated carbocycles. The highest BCUT2D eigenvalue weighted by molar-refractivity contribution is 5.97. The maximum Gasteiger partial charge on any atom is 0.170 e. The number of rotatable bonds is 5. The summed E-state index contributed by atoms with van der Waals surface area (Å²) in [6.45, 7) is 2.52. The number of hydrogen-bond donors (Lipinski definition) is 2. The molecule has 1 aromatic carbocycles. The summed E-state index contributed by atoms with van der Waals surface area (Å²) in [7, 11) is 0. The number of aromatic nitrogens is 1. The van der Waals surface area contributed by atoms with Crippen LogP contribution in [-0.4, -0.2) is 22.6 Å². The van der Waals surface area contributed by atoms with Crippen molar-refractivity contribution in [3.05, 3.63) is 59.4 Å². The molecule has 5 heteroatoms. The van der Waals surface area contributed by atoms with Gasteiger partial charge >= 0.3 is 0 Å². The first-order chi connectivity index (χ1) is 9.70. The molecule has 0 unspecified atom stereocenters. The van der Waals surface area contributed by atoms with Crippen molar-refractivity contribution < 1.29 is 9.94 Å². The van der Waals surface area contributed by atoms with Gasteiger partial charge in [-0.25, -0.2) is 0 Å². The average molecular weight is 271 g/mol. The molecule has 0 saturated heterocycles. The van der Waals surface area contributed by atoms with Gasteiger partial charge in [-0.05, 0) is 36.2 Å². The van der Waals surface area contributed by atoms with E-state index in [0.29, 0.717) is 12.2 Å². The first kappa shape index (κ1) is 13.9. The standard InChI is InChI=1S/C15H17N3O2/c1-11-2-3-13(15(16)18-19)10-14(11)20-9-6-12-4-7-17-8-5-12/h2-5,7-8,10,19H,6,9H2,1H3,(H2,16,18). The van der Waals surface area contributed by atoms with Crippen LogP contribution in [0.1, 0.15) is 16.7 Å². The zero-order valence-electron chi connectivity index (χ0n) is 11.3. The summed E-state index contributed by atoms with van der Waals surface area (Å²) < 4.78 is 5.76. The minimum absolute atomic E-state index is 0.0731. The molecule has 0 amide bonds. The summed E-state index contributed by atoms with van der Waals surface area (Å²) in [4.78, 5) is 3.97. The average Bonchev–Trinajstić information content (AvgIpc) is 2.49. The summed E-state index contributed by atoms with van der Waals surface area (Å²) in [5, 5.41) is 11.7. The number of amidine groups is 1. The van der Waals surface area contributed by atoms with Crippen molar-refractivity contribution in [3.8, 4) is 5.75 Å². The Morgan fingerprint density at radius 3 is 2.75 bits per heavy atom. The first-order valence-corrected chi connectivity index (χ1v) is 6.31. The number of pyridine rings is 1. The molecule has 1 heterocycles. The Hall–Kier alpha value is -2.56. The summed E-state index contributed by atoms with van der Waals surface area (Å²) in [5.41, 5.74) is 8.39. The van der Waals surface area contributed by atoms with Crippen LogP contribution in [-0.2, 0) is 6.42 Å². The van der Waals surface area contributed by atoms with E-state index < -0.39 is 0 Å². The molecule has 0 bridgehead atoms. The topological polar surface area (TPSA) is 80.7 Å². The lowest BCUT2D eigenvalue weighted by Gasteiger charge is -2.10. The van der Waals surface area contributed by atoms with Crippen LogP contribution < -0.4 is 10.5 Å². The van der Waals surface area contributed by atoms with E-state index in [2.05, 4.69) is 10.1 Å². The van der Waals surface area contributed by atoms with E-state index in [9.17, 15) is 0 Å². The van der Waals surface area contributed by atoms with Crippen LogP contribution in [0.3, 0.4) is 0 Å². The molecule has 2 rings (SSSR count). The van der Waals surface area contributed by atoms with Gasteiger partial charge in [-0.15, -0.1) is 0 Å². The number of benzene rings is 1. The smallest absolute Gasteiger partial charge is 0.170 e. The maximum absolute atomic E-state index is 8.69. The van der Waals surface area contributed by atoms with Crippen LogP contribution in [0, 0.1) is 6.92 Å². The highest BCUT2D eigenvalue weighted by atomic mass is 16.5. The van der Waals surface area contributed by atoms with Gasteiger partial charge in [0.1, 0.15) is 5.75 Å². The highest BCUT2D eigenvalue weighted by Gasteiger charge is 2.05. The van der Waals surface area contributed by atoms with Crippen LogP contribution >= 0.6 is 0 Å². The van der Waals surface area contributed by atoms with E-state index in [1.165, 1.54) is 5.56 Å². The van der Waals surface area contributed by atoms with Crippen molar-refractivity contribution in [1.82, 2.24) is 4.98 Å². The molecule has 104 valence electrons. The third-order valence-corrected chi connectivity index (χ3v) is 2.99. The zero-order chi connectivity index (χ0) is 14.4. The van der Waals surface area contributed by atoms with Gasteiger partial charge in [0.05, 0.1) is 6.61 Å². The van der Waals surface area contributed by atoms with Gasteiger partial charge in [0.2, 0.25) is 0 Å². The molecule has 0 radical (unpaired) electrons. The van der Waals surface area contributed by atoms with E-state index in [1.807, 2.05) is 25.1 Å². The number of aryl methyl sites for hydroxylation is 1. The molecule has 0 spiro atoms. The normalized spacial score (nSPS) is 11.3. The van der Waals surface area contributed by atoms with E-state index >= 15 is 0 Å². The Morgan fingerprint density at radius 1 is 1.30 bits per heavy atom. The number of hydrogen-bond acceptors (Lipinski definition) is 4. The molecule has 2 aromatic rings. The van der Waals surface area contributed by atoms with Gasteiger partial charge < -0.3 is 15.7 Å². The lowest BCUT2D eigenvalue weighted by atomic mass is 10.1. The zero-order valence-corrected chi connectivity index (χ0v) is 11.3. The van der Waals surface area contributed by atoms with Gasteiger partial charge in [-0.1, -0.05) is 17.3 Å². The fourth-order valence-electron chi connectivity index (χ4n) is 1.80. The van der Waals surface area contributed by atoms with E-state index in [0.717, 1.165) is 17.7 Å². The number of nitrogens with two attached hydrogens (primary N) is 1. The summed E-state index contributed by atoms with van der Waals surface area (Å²) in [5.74, 6) is 0.812. The minimum atomic E-state index is 0.0731. The lowest BCUT2D eigenvalue weighted by Crippen LogP contribution is -2.13. The van der Waals surface area contributed by atoms with E-state index in [4.69, 9.17) is 15.7 Å². The summed E-state index contributed by atoms with van der Waals surface area (Å²) in [6.07, 6.45) is 4.33. The Balaban J connectivity index is 2.02. The van der Waals surface area contributed by atoms with Crippen molar-refractivity contribution in [2.75, 3.05) is 6.61 Å². The van der Waals surface area contributed by atoms with Crippen molar-refractivity contribution in [3.63, 3.8) is 0 Å². The molecular formula is C15H17N3O2. The third-order valence-electron chi connectivity index (χ3n) is 2.99. The van der Waals surface area contributed by atoms with E-state index in [-0.39, 0.29) is 5.84 Å². The number of oxime groups is 1. The Bertz CT molecular complexity index is 597. The van der Waals surface area contributed by atoms with Gasteiger partial charge in [0, 0.05) is 24.4 Å². The molecule has 5 nitrogen and oxygen atoms in total. The molecule has 0 aliphatic rings. The fourth-order valence-corrected chi connectivity index (χ4v) is 1.80. The molecule has 20 heavy (non-hydrogen) atoms. The Kier molecular flexibility index (Phi) is 4.55. The largest absolute Gasteiger partial charge is 0.493 e. The predicted molar refractivity (Wildman–Crippen MR) is 77.1 cm³/mol. The third kappa shape index (κ3) is 3.47.